The molecule has 0 unspecified atom stereocenters. The molecule has 0 N–H and O–H groups in total. The normalized spacial score (nSPS) is 9.25. The number of hydrogen-bond acceptors (Lipinski definition) is 0. The van der Waals surface area contributed by atoms with Crippen LogP contribution in [0.2, 0.25) is 0 Å². The van der Waals surface area contributed by atoms with Crippen LogP contribution in [-0.2, 0) is 0 Å². The third-order valence-corrected chi connectivity index (χ3v) is 4.49. The molecule has 0 spiro atoms. The molecule has 0 aliphatic rings. The summed E-state index contributed by atoms with van der Waals surface area (Å²) in [5.74, 6) is 0. The van der Waals surface area contributed by atoms with E-state index in [0.717, 1.165) is 8.95 Å². The zero-order valence-electron chi connectivity index (χ0n) is 9.37. The van der Waals surface area contributed by atoms with Crippen LogP contribution in [0.5, 0.6) is 0 Å². The highest BCUT2D eigenvalue weighted by Gasteiger charge is 2.00. The molecule has 0 amide bonds. The van der Waals surface area contributed by atoms with Crippen molar-refractivity contribution >= 4 is 31.9 Å². The minimum Gasteiger partial charge on any atom is -0.0623 e. The maximum atomic E-state index is 3.48. The fraction of sp³-hybridized carbons (Fsp3) is 0.143. The molecule has 0 aliphatic heterocycles. The van der Waals surface area contributed by atoms with E-state index in [-0.39, 0.29) is 0 Å². The minimum atomic E-state index is 1.12. The van der Waals surface area contributed by atoms with Crippen LogP contribution in [-0.4, -0.2) is 0 Å². The van der Waals surface area contributed by atoms with Crippen molar-refractivity contribution in [3.05, 3.63) is 68.6 Å². The van der Waals surface area contributed by atoms with E-state index in [1.807, 2.05) is 42.5 Å². The Bertz CT molecular complexity index is 382. The summed E-state index contributed by atoms with van der Waals surface area (Å²) in [6.45, 7) is 4.21. The predicted octanol–water partition coefficient (Wildman–Crippen LogP) is 5.52. The van der Waals surface area contributed by atoms with Gasteiger partial charge in [-0.2, -0.15) is 0 Å². The lowest BCUT2D eigenvalue weighted by Gasteiger charge is -2.03. The quantitative estimate of drug-likeness (QED) is 0.592. The van der Waals surface area contributed by atoms with Gasteiger partial charge in [-0.3, -0.25) is 0 Å². The molecule has 0 saturated heterocycles. The second kappa shape index (κ2) is 6.87. The van der Waals surface area contributed by atoms with Crippen LogP contribution in [0.4, 0.5) is 0 Å². The zero-order valence-corrected chi connectivity index (χ0v) is 12.5. The van der Waals surface area contributed by atoms with Crippen LogP contribution < -0.4 is 0 Å². The van der Waals surface area contributed by atoms with E-state index in [4.69, 9.17) is 0 Å². The molecule has 0 atom stereocenters. The van der Waals surface area contributed by atoms with E-state index in [2.05, 4.69) is 51.8 Å². The molecular weight excluding hydrogens is 328 g/mol. The monoisotopic (exact) mass is 340 g/mol. The molecule has 0 radical (unpaired) electrons. The molecule has 0 aromatic heterocycles. The van der Waals surface area contributed by atoms with E-state index >= 15 is 0 Å². The van der Waals surface area contributed by atoms with E-state index < -0.39 is 0 Å². The van der Waals surface area contributed by atoms with Crippen molar-refractivity contribution in [2.75, 3.05) is 0 Å². The van der Waals surface area contributed by atoms with Gasteiger partial charge in [0.15, 0.2) is 0 Å². The van der Waals surface area contributed by atoms with Gasteiger partial charge in [-0.15, -0.1) is 0 Å². The van der Waals surface area contributed by atoms with Crippen molar-refractivity contribution in [2.24, 2.45) is 0 Å². The Morgan fingerprint density at radius 3 is 1.56 bits per heavy atom. The maximum absolute atomic E-state index is 3.48. The van der Waals surface area contributed by atoms with E-state index in [9.17, 15) is 0 Å². The van der Waals surface area contributed by atoms with E-state index in [0.29, 0.717) is 0 Å². The van der Waals surface area contributed by atoms with Gasteiger partial charge in [-0.1, -0.05) is 42.5 Å². The molecule has 16 heavy (non-hydrogen) atoms. The number of benzene rings is 2. The van der Waals surface area contributed by atoms with Gasteiger partial charge in [0.05, 0.1) is 0 Å². The van der Waals surface area contributed by atoms with Gasteiger partial charge in [0.25, 0.3) is 0 Å². The lowest BCUT2D eigenvalue weighted by atomic mass is 10.1. The fourth-order valence-electron chi connectivity index (χ4n) is 1.13. The van der Waals surface area contributed by atoms with Crippen LogP contribution in [0.25, 0.3) is 0 Å². The van der Waals surface area contributed by atoms with Crippen molar-refractivity contribution in [2.45, 2.75) is 13.8 Å². The highest BCUT2D eigenvalue weighted by molar-refractivity contribution is 9.13. The van der Waals surface area contributed by atoms with Gasteiger partial charge in [0, 0.05) is 8.95 Å². The van der Waals surface area contributed by atoms with Crippen molar-refractivity contribution < 1.29 is 0 Å². The van der Waals surface area contributed by atoms with Crippen molar-refractivity contribution in [3.8, 4) is 0 Å². The molecule has 0 saturated carbocycles. The Morgan fingerprint density at radius 1 is 0.750 bits per heavy atom. The summed E-state index contributed by atoms with van der Waals surface area (Å²) >= 11 is 6.92. The van der Waals surface area contributed by atoms with Gasteiger partial charge in [-0.05, 0) is 62.9 Å². The molecule has 0 fully saturated rings. The first-order chi connectivity index (χ1) is 7.63. The molecule has 0 heterocycles. The van der Waals surface area contributed by atoms with Crippen molar-refractivity contribution in [3.63, 3.8) is 0 Å². The van der Waals surface area contributed by atoms with E-state index in [1.54, 1.807) is 0 Å². The fourth-order valence-corrected chi connectivity index (χ4v) is 2.01. The lowest BCUT2D eigenvalue weighted by molar-refractivity contribution is 1.30. The molecule has 2 aromatic rings. The first-order valence-corrected chi connectivity index (χ1v) is 6.62. The summed E-state index contributed by atoms with van der Waals surface area (Å²) in [5, 5.41) is 0. The van der Waals surface area contributed by atoms with Gasteiger partial charge in [0.1, 0.15) is 0 Å². The average molecular weight is 342 g/mol. The standard InChI is InChI=1S/C8H8Br2.C6H6/c1-5-3-4-7(9)8(10)6(5)2;1-2-4-6-5-3-1/h3-4H,1-2H3;1-6H. The van der Waals surface area contributed by atoms with Gasteiger partial charge >= 0.3 is 0 Å². The predicted molar refractivity (Wildman–Crippen MR) is 77.8 cm³/mol. The number of rotatable bonds is 0. The highest BCUT2D eigenvalue weighted by Crippen LogP contribution is 2.27. The summed E-state index contributed by atoms with van der Waals surface area (Å²) in [6.07, 6.45) is 0. The molecule has 0 aliphatic carbocycles. The first kappa shape index (κ1) is 13.5. The Labute approximate surface area is 114 Å². The van der Waals surface area contributed by atoms with Gasteiger partial charge in [0.2, 0.25) is 0 Å². The highest BCUT2D eigenvalue weighted by atomic mass is 79.9. The molecular formula is C14H14Br2. The number of aryl methyl sites for hydroxylation is 1. The molecule has 84 valence electrons. The van der Waals surface area contributed by atoms with Crippen LogP contribution in [0.1, 0.15) is 11.1 Å². The summed E-state index contributed by atoms with van der Waals surface area (Å²) in [7, 11) is 0. The Kier molecular flexibility index (Phi) is 5.78. The third-order valence-electron chi connectivity index (χ3n) is 2.28. The lowest BCUT2D eigenvalue weighted by Crippen LogP contribution is -1.82. The van der Waals surface area contributed by atoms with Gasteiger partial charge < -0.3 is 0 Å². The average Bonchev–Trinajstić information content (AvgIpc) is 2.35. The summed E-state index contributed by atoms with van der Waals surface area (Å²) < 4.78 is 2.28. The topological polar surface area (TPSA) is 0 Å². The minimum absolute atomic E-state index is 1.12. The molecule has 2 heteroatoms. The molecule has 2 rings (SSSR count). The summed E-state index contributed by atoms with van der Waals surface area (Å²) in [5.41, 5.74) is 2.62. The Morgan fingerprint density at radius 2 is 1.19 bits per heavy atom. The summed E-state index contributed by atoms with van der Waals surface area (Å²) in [6, 6.07) is 16.1. The zero-order chi connectivity index (χ0) is 12.0. The van der Waals surface area contributed by atoms with Crippen LogP contribution >= 0.6 is 31.9 Å². The second-order valence-corrected chi connectivity index (χ2v) is 5.11. The second-order valence-electron chi connectivity index (χ2n) is 3.46. The summed E-state index contributed by atoms with van der Waals surface area (Å²) in [4.78, 5) is 0. The Balaban J connectivity index is 0.000000181. The van der Waals surface area contributed by atoms with Crippen LogP contribution in [0.15, 0.2) is 57.5 Å². The third kappa shape index (κ3) is 4.11. The van der Waals surface area contributed by atoms with Crippen LogP contribution in [0.3, 0.4) is 0 Å². The Hall–Kier alpha value is -0.600. The molecule has 0 bridgehead atoms. The largest absolute Gasteiger partial charge is 0.0623 e. The van der Waals surface area contributed by atoms with Gasteiger partial charge in [-0.25, -0.2) is 0 Å². The number of hydrogen-bond donors (Lipinski definition) is 0. The maximum Gasteiger partial charge on any atom is 0.0349 e. The van der Waals surface area contributed by atoms with Crippen LogP contribution in [0, 0.1) is 13.8 Å². The molecule has 2 aromatic carbocycles. The van der Waals surface area contributed by atoms with Crippen molar-refractivity contribution in [1.82, 2.24) is 0 Å². The SMILES string of the molecule is Cc1ccc(Br)c(Br)c1C.c1ccccc1. The van der Waals surface area contributed by atoms with Crippen molar-refractivity contribution in [1.29, 1.82) is 0 Å². The number of halogens is 2. The first-order valence-electron chi connectivity index (χ1n) is 5.04. The smallest absolute Gasteiger partial charge is 0.0349 e. The molecule has 0 nitrogen and oxygen atoms in total. The van der Waals surface area contributed by atoms with E-state index in [1.165, 1.54) is 11.1 Å².